The first-order valence-corrected chi connectivity index (χ1v) is 5.88. The number of hydrogen-bond donors (Lipinski definition) is 2. The van der Waals surface area contributed by atoms with E-state index in [9.17, 15) is 0 Å². The molecule has 2 aromatic rings. The molecular formula is C8H8N4S2. The summed E-state index contributed by atoms with van der Waals surface area (Å²) in [6.45, 7) is 0. The van der Waals surface area contributed by atoms with E-state index < -0.39 is 0 Å². The zero-order valence-electron chi connectivity index (χ0n) is 7.28. The van der Waals surface area contributed by atoms with E-state index in [0.29, 0.717) is 10.3 Å². The molecule has 0 radical (unpaired) electrons. The highest BCUT2D eigenvalue weighted by Gasteiger charge is 2.23. The molecule has 0 spiro atoms. The van der Waals surface area contributed by atoms with Gasteiger partial charge in [-0.25, -0.2) is 9.97 Å². The number of nitrogen functional groups attached to an aromatic ring is 2. The molecule has 0 amide bonds. The Labute approximate surface area is 88.6 Å². The van der Waals surface area contributed by atoms with Gasteiger partial charge in [0.05, 0.1) is 16.3 Å². The third-order valence-electron chi connectivity index (χ3n) is 2.23. The van der Waals surface area contributed by atoms with Crippen molar-refractivity contribution in [3.63, 3.8) is 0 Å². The highest BCUT2D eigenvalue weighted by Crippen LogP contribution is 2.40. The summed E-state index contributed by atoms with van der Waals surface area (Å²) in [6.07, 6.45) is 1.94. The molecule has 1 aliphatic carbocycles. The number of thiazole rings is 2. The first kappa shape index (κ1) is 8.19. The number of nitrogens with zero attached hydrogens (tertiary/aromatic N) is 2. The summed E-state index contributed by atoms with van der Waals surface area (Å²) < 4.78 is 0. The lowest BCUT2D eigenvalue weighted by Crippen LogP contribution is -2.00. The molecule has 4 nitrogen and oxygen atoms in total. The predicted octanol–water partition coefficient (Wildman–Crippen LogP) is 1.53. The largest absolute Gasteiger partial charge is 0.375 e. The van der Waals surface area contributed by atoms with E-state index >= 15 is 0 Å². The molecule has 14 heavy (non-hydrogen) atoms. The molecule has 6 heteroatoms. The van der Waals surface area contributed by atoms with Crippen molar-refractivity contribution < 1.29 is 0 Å². The van der Waals surface area contributed by atoms with E-state index in [2.05, 4.69) is 9.97 Å². The van der Waals surface area contributed by atoms with E-state index in [-0.39, 0.29) is 0 Å². The minimum atomic E-state index is 0.620. The van der Waals surface area contributed by atoms with Crippen LogP contribution >= 0.6 is 22.7 Å². The van der Waals surface area contributed by atoms with E-state index in [0.717, 1.165) is 29.1 Å². The van der Waals surface area contributed by atoms with E-state index in [1.54, 1.807) is 11.3 Å². The number of nitrogens with two attached hydrogens (primary N) is 2. The zero-order valence-corrected chi connectivity index (χ0v) is 8.91. The van der Waals surface area contributed by atoms with Crippen molar-refractivity contribution in [2.24, 2.45) is 0 Å². The molecule has 0 saturated carbocycles. The van der Waals surface area contributed by atoms with Gasteiger partial charge in [-0.2, -0.15) is 0 Å². The minimum Gasteiger partial charge on any atom is -0.375 e. The topological polar surface area (TPSA) is 77.8 Å². The number of aryl methyl sites for hydroxylation is 2. The van der Waals surface area contributed by atoms with Crippen LogP contribution in [0.25, 0.3) is 10.6 Å². The number of anilines is 2. The summed E-state index contributed by atoms with van der Waals surface area (Å²) >= 11 is 3.07. The van der Waals surface area contributed by atoms with Crippen molar-refractivity contribution in [1.29, 1.82) is 0 Å². The van der Waals surface area contributed by atoms with Crippen molar-refractivity contribution >= 4 is 32.9 Å². The molecule has 0 atom stereocenters. The van der Waals surface area contributed by atoms with Crippen LogP contribution in [0.3, 0.4) is 0 Å². The number of hydrogen-bond acceptors (Lipinski definition) is 6. The van der Waals surface area contributed by atoms with Gasteiger partial charge in [-0.1, -0.05) is 11.3 Å². The highest BCUT2D eigenvalue weighted by molar-refractivity contribution is 7.20. The molecule has 4 N–H and O–H groups in total. The Bertz CT molecular complexity index is 453. The number of rotatable bonds is 0. The maximum absolute atomic E-state index is 5.68. The van der Waals surface area contributed by atoms with Gasteiger partial charge in [0.1, 0.15) is 0 Å². The summed E-state index contributed by atoms with van der Waals surface area (Å²) in [7, 11) is 0. The molecule has 0 bridgehead atoms. The predicted molar refractivity (Wildman–Crippen MR) is 59.5 cm³/mol. The Kier molecular flexibility index (Phi) is 1.57. The van der Waals surface area contributed by atoms with Crippen LogP contribution in [-0.4, -0.2) is 9.97 Å². The molecule has 0 aromatic carbocycles. The maximum atomic E-state index is 5.68. The lowest BCUT2D eigenvalue weighted by atomic mass is 10.1. The number of aromatic nitrogens is 2. The van der Waals surface area contributed by atoms with Gasteiger partial charge in [0.25, 0.3) is 0 Å². The fraction of sp³-hybridized carbons (Fsp3) is 0.250. The van der Waals surface area contributed by atoms with E-state index in [1.165, 1.54) is 16.2 Å². The Balaban J connectivity index is 2.27. The molecule has 2 aromatic heterocycles. The van der Waals surface area contributed by atoms with Crippen molar-refractivity contribution in [3.8, 4) is 10.6 Å². The molecule has 3 rings (SSSR count). The smallest absolute Gasteiger partial charge is 0.180 e. The van der Waals surface area contributed by atoms with Gasteiger partial charge in [-0.05, 0) is 12.8 Å². The Morgan fingerprint density at radius 1 is 1.00 bits per heavy atom. The molecule has 0 fully saturated rings. The Morgan fingerprint density at radius 2 is 1.79 bits per heavy atom. The third kappa shape index (κ3) is 1.04. The standard InChI is InChI=1S/C8H8N4S2/c9-7-11-3-1-2-4-5(6(3)14-7)12-8(10)13-4/h1-2H2,(H2,9,11)(H2,10,12). The summed E-state index contributed by atoms with van der Waals surface area (Å²) in [4.78, 5) is 11.0. The zero-order chi connectivity index (χ0) is 9.71. The lowest BCUT2D eigenvalue weighted by Gasteiger charge is -2.07. The highest BCUT2D eigenvalue weighted by atomic mass is 32.1. The van der Waals surface area contributed by atoms with Crippen LogP contribution in [0.1, 0.15) is 10.6 Å². The second kappa shape index (κ2) is 2.68. The summed E-state index contributed by atoms with van der Waals surface area (Å²) in [5, 5.41) is 1.25. The summed E-state index contributed by atoms with van der Waals surface area (Å²) in [5.74, 6) is 0. The van der Waals surface area contributed by atoms with Gasteiger partial charge >= 0.3 is 0 Å². The van der Waals surface area contributed by atoms with E-state index in [4.69, 9.17) is 11.5 Å². The average molecular weight is 224 g/mol. The number of fused-ring (bicyclic) bond motifs is 3. The third-order valence-corrected chi connectivity index (χ3v) is 4.11. The second-order valence-corrected chi connectivity index (χ2v) is 5.30. The Morgan fingerprint density at radius 3 is 2.64 bits per heavy atom. The Hall–Kier alpha value is -1.14. The van der Waals surface area contributed by atoms with Crippen molar-refractivity contribution in [2.45, 2.75) is 12.8 Å². The van der Waals surface area contributed by atoms with Crippen molar-refractivity contribution in [1.82, 2.24) is 9.97 Å². The van der Waals surface area contributed by atoms with E-state index in [1.807, 2.05) is 0 Å². The monoisotopic (exact) mass is 224 g/mol. The van der Waals surface area contributed by atoms with Crippen LogP contribution in [0.2, 0.25) is 0 Å². The summed E-state index contributed by atoms with van der Waals surface area (Å²) in [5.41, 5.74) is 13.4. The van der Waals surface area contributed by atoms with Gasteiger partial charge < -0.3 is 11.5 Å². The van der Waals surface area contributed by atoms with Crippen LogP contribution in [0, 0.1) is 0 Å². The van der Waals surface area contributed by atoms with Crippen molar-refractivity contribution in [3.05, 3.63) is 10.6 Å². The fourth-order valence-electron chi connectivity index (χ4n) is 1.67. The maximum Gasteiger partial charge on any atom is 0.180 e. The normalized spacial score (nSPS) is 13.7. The summed E-state index contributed by atoms with van der Waals surface area (Å²) in [6, 6.07) is 0. The molecule has 1 aliphatic rings. The molecule has 72 valence electrons. The molecular weight excluding hydrogens is 216 g/mol. The van der Waals surface area contributed by atoms with Crippen LogP contribution in [-0.2, 0) is 12.8 Å². The van der Waals surface area contributed by atoms with Gasteiger partial charge in [0.15, 0.2) is 10.3 Å². The first-order valence-electron chi connectivity index (χ1n) is 4.25. The minimum absolute atomic E-state index is 0.620. The van der Waals surface area contributed by atoms with Crippen LogP contribution in [0.5, 0.6) is 0 Å². The molecule has 0 saturated heterocycles. The van der Waals surface area contributed by atoms with Gasteiger partial charge in [-0.3, -0.25) is 0 Å². The molecule has 2 heterocycles. The first-order chi connectivity index (χ1) is 6.74. The average Bonchev–Trinajstić information content (AvgIpc) is 2.65. The SMILES string of the molecule is Nc1nc2c(s1)CCc1nc(N)sc1-2. The van der Waals surface area contributed by atoms with Crippen LogP contribution < -0.4 is 11.5 Å². The van der Waals surface area contributed by atoms with Crippen molar-refractivity contribution in [2.75, 3.05) is 11.5 Å². The van der Waals surface area contributed by atoms with Gasteiger partial charge in [-0.15, -0.1) is 11.3 Å². The molecule has 0 unspecified atom stereocenters. The van der Waals surface area contributed by atoms with Gasteiger partial charge in [0, 0.05) is 4.88 Å². The fourth-order valence-corrected chi connectivity index (χ4v) is 3.47. The lowest BCUT2D eigenvalue weighted by molar-refractivity contribution is 0.923. The van der Waals surface area contributed by atoms with Gasteiger partial charge in [0.2, 0.25) is 0 Å². The molecule has 0 aliphatic heterocycles. The van der Waals surface area contributed by atoms with Crippen LogP contribution in [0.4, 0.5) is 10.3 Å². The van der Waals surface area contributed by atoms with Crippen LogP contribution in [0.15, 0.2) is 0 Å². The quantitative estimate of drug-likeness (QED) is 0.711. The second-order valence-electron chi connectivity index (χ2n) is 3.15.